The second-order valence-corrected chi connectivity index (χ2v) is 9.67. The third-order valence-corrected chi connectivity index (χ3v) is 6.62. The molecule has 122 valence electrons. The molecule has 0 aliphatic carbocycles. The molecule has 0 aromatic rings. The van der Waals surface area contributed by atoms with Crippen LogP contribution in [0, 0.1) is 5.92 Å². The monoisotopic (exact) mass is 364 g/mol. The third-order valence-electron chi connectivity index (χ3n) is 2.45. The molecule has 2 radical (unpaired) electrons. The molecule has 3 N–H and O–H groups in total. The van der Waals surface area contributed by atoms with Gasteiger partial charge < -0.3 is 19.4 Å². The second-order valence-electron chi connectivity index (χ2n) is 4.63. The highest BCUT2D eigenvalue weighted by molar-refractivity contribution is 7.68. The first kappa shape index (κ1) is 19.5. The molecule has 1 rings (SSSR count). The molecular formula is C7H16BO10P3. The van der Waals surface area contributed by atoms with Gasteiger partial charge in [-0.15, -0.1) is 0 Å². The third kappa shape index (κ3) is 7.52. The minimum atomic E-state index is -5.24. The lowest BCUT2D eigenvalue weighted by Crippen LogP contribution is -2.21. The van der Waals surface area contributed by atoms with E-state index in [9.17, 15) is 18.6 Å². The van der Waals surface area contributed by atoms with Crippen molar-refractivity contribution in [3.05, 3.63) is 0 Å². The van der Waals surface area contributed by atoms with Gasteiger partial charge in [0.25, 0.3) is 0 Å². The summed E-state index contributed by atoms with van der Waals surface area (Å²) in [5, 5.41) is 0. The van der Waals surface area contributed by atoms with Crippen LogP contribution in [0.1, 0.15) is 13.3 Å². The van der Waals surface area contributed by atoms with E-state index in [4.69, 9.17) is 22.4 Å². The quantitative estimate of drug-likeness (QED) is 0.441. The van der Waals surface area contributed by atoms with Crippen LogP contribution < -0.4 is 0 Å². The predicted molar refractivity (Wildman–Crippen MR) is 71.7 cm³/mol. The van der Waals surface area contributed by atoms with E-state index in [1.54, 1.807) is 6.92 Å². The molecule has 0 bridgehead atoms. The van der Waals surface area contributed by atoms with Crippen molar-refractivity contribution < 1.29 is 46.3 Å². The Bertz CT molecular complexity index is 505. The molecule has 1 heterocycles. The van der Waals surface area contributed by atoms with Crippen LogP contribution in [-0.4, -0.2) is 47.9 Å². The molecule has 1 aliphatic rings. The van der Waals surface area contributed by atoms with Crippen molar-refractivity contribution >= 4 is 31.1 Å². The van der Waals surface area contributed by atoms with Crippen LogP contribution in [-0.2, 0) is 31.6 Å². The largest absolute Gasteiger partial charge is 0.488 e. The summed E-state index contributed by atoms with van der Waals surface area (Å²) in [6, 6.07) is -0.528. The number of hydrogen-bond acceptors (Lipinski definition) is 7. The molecule has 4 unspecified atom stereocenters. The Morgan fingerprint density at radius 3 is 2.19 bits per heavy atom. The molecule has 14 heteroatoms. The summed E-state index contributed by atoms with van der Waals surface area (Å²) in [5.74, 6) is -0.0505. The highest BCUT2D eigenvalue weighted by Crippen LogP contribution is 2.66. The zero-order valence-electron chi connectivity index (χ0n) is 11.3. The van der Waals surface area contributed by atoms with Crippen molar-refractivity contribution in [3.63, 3.8) is 0 Å². The molecule has 10 nitrogen and oxygen atoms in total. The smallest absolute Gasteiger partial charge is 0.382 e. The van der Waals surface area contributed by atoms with Gasteiger partial charge in [0, 0.05) is 12.7 Å². The first-order valence-corrected chi connectivity index (χ1v) is 10.8. The van der Waals surface area contributed by atoms with Gasteiger partial charge >= 0.3 is 23.2 Å². The lowest BCUT2D eigenvalue weighted by Gasteiger charge is -2.19. The van der Waals surface area contributed by atoms with Gasteiger partial charge in [-0.1, -0.05) is 6.92 Å². The van der Waals surface area contributed by atoms with E-state index >= 15 is 0 Å². The zero-order chi connectivity index (χ0) is 16.5. The summed E-state index contributed by atoms with van der Waals surface area (Å²) in [6.45, 7) is 1.98. The Morgan fingerprint density at radius 1 is 1.19 bits per heavy atom. The fraction of sp³-hybridized carbons (Fsp3) is 1.00. The van der Waals surface area contributed by atoms with Gasteiger partial charge in [-0.05, 0) is 12.3 Å². The number of phosphoric acid groups is 2. The van der Waals surface area contributed by atoms with E-state index < -0.39 is 42.0 Å². The molecule has 1 fully saturated rings. The predicted octanol–water partition coefficient (Wildman–Crippen LogP) is 0.972. The molecule has 0 amide bonds. The second kappa shape index (κ2) is 6.93. The molecule has 1 aliphatic heterocycles. The van der Waals surface area contributed by atoms with E-state index in [1.807, 2.05) is 0 Å². The van der Waals surface area contributed by atoms with Crippen molar-refractivity contribution in [2.24, 2.45) is 5.92 Å². The highest BCUT2D eigenvalue weighted by atomic mass is 31.3. The van der Waals surface area contributed by atoms with Gasteiger partial charge in [0.15, 0.2) is 0 Å². The molecule has 0 aromatic heterocycles. The molecule has 21 heavy (non-hydrogen) atoms. The lowest BCUT2D eigenvalue weighted by molar-refractivity contribution is 0.0272. The summed E-state index contributed by atoms with van der Waals surface area (Å²) in [7, 11) is -9.11. The van der Waals surface area contributed by atoms with Crippen LogP contribution in [0.5, 0.6) is 0 Å². The van der Waals surface area contributed by atoms with Crippen LogP contribution in [0.3, 0.4) is 0 Å². The fourth-order valence-corrected chi connectivity index (χ4v) is 5.15. The Balaban J connectivity index is 2.56. The maximum absolute atomic E-state index is 11.5. The zero-order valence-corrected chi connectivity index (χ0v) is 13.9. The van der Waals surface area contributed by atoms with Crippen molar-refractivity contribution in [2.45, 2.75) is 25.5 Å². The van der Waals surface area contributed by atoms with E-state index in [-0.39, 0.29) is 5.92 Å². The normalized spacial score (nSPS) is 34.8. The first-order chi connectivity index (χ1) is 9.30. The maximum Gasteiger partial charge on any atom is 0.488 e. The SMILES string of the molecule is [B][C@H]1CC(C)[C@@H](COP(=O)(O)OP(=O)(O)OP(C)(=O)O)O1. The van der Waals surface area contributed by atoms with Gasteiger partial charge in [-0.2, -0.15) is 4.31 Å². The number of ether oxygens (including phenoxy) is 1. The molecule has 0 saturated carbocycles. The number of hydrogen-bond donors (Lipinski definition) is 3. The van der Waals surface area contributed by atoms with Crippen LogP contribution in [0.25, 0.3) is 0 Å². The molecule has 0 aromatic carbocycles. The van der Waals surface area contributed by atoms with Crippen LogP contribution >= 0.6 is 23.2 Å². The molecular weight excluding hydrogens is 348 g/mol. The fourth-order valence-electron chi connectivity index (χ4n) is 1.66. The topological polar surface area (TPSA) is 149 Å². The first-order valence-electron chi connectivity index (χ1n) is 5.74. The molecule has 6 atom stereocenters. The number of phosphoric ester groups is 1. The van der Waals surface area contributed by atoms with Crippen molar-refractivity contribution in [1.82, 2.24) is 0 Å². The van der Waals surface area contributed by atoms with Crippen molar-refractivity contribution in [1.29, 1.82) is 0 Å². The van der Waals surface area contributed by atoms with Gasteiger partial charge in [-0.3, -0.25) is 9.09 Å². The highest BCUT2D eigenvalue weighted by Gasteiger charge is 2.40. The average Bonchev–Trinajstić information content (AvgIpc) is 2.48. The van der Waals surface area contributed by atoms with Crippen molar-refractivity contribution in [3.8, 4) is 0 Å². The Kier molecular flexibility index (Phi) is 6.44. The molecule has 1 saturated heterocycles. The Labute approximate surface area is 122 Å². The Morgan fingerprint density at radius 2 is 1.76 bits per heavy atom. The molecule has 0 spiro atoms. The van der Waals surface area contributed by atoms with E-state index in [0.717, 1.165) is 0 Å². The van der Waals surface area contributed by atoms with Crippen LogP contribution in [0.2, 0.25) is 0 Å². The van der Waals surface area contributed by atoms with Crippen LogP contribution in [0.4, 0.5) is 0 Å². The summed E-state index contributed by atoms with van der Waals surface area (Å²) in [4.78, 5) is 27.2. The van der Waals surface area contributed by atoms with Gasteiger partial charge in [0.2, 0.25) is 0 Å². The average molecular weight is 364 g/mol. The van der Waals surface area contributed by atoms with E-state index in [1.165, 1.54) is 0 Å². The van der Waals surface area contributed by atoms with Crippen LogP contribution in [0.15, 0.2) is 0 Å². The standard InChI is InChI=1S/C7H16BO10P3/c1-5-3-7(8)16-6(5)4-15-20(11,12)18-21(13,14)17-19(2,9)10/h5-7H,3-4H2,1-2H3,(H,9,10)(H,11,12)(H,13,14)/t5?,6-,7-/m1/s1. The summed E-state index contributed by atoms with van der Waals surface area (Å²) >= 11 is 0. The minimum absolute atomic E-state index is 0.0505. The van der Waals surface area contributed by atoms with Gasteiger partial charge in [-0.25, -0.2) is 13.4 Å². The van der Waals surface area contributed by atoms with Crippen molar-refractivity contribution in [2.75, 3.05) is 13.3 Å². The Hall–Kier alpha value is 0.475. The maximum atomic E-state index is 11.5. The summed E-state index contributed by atoms with van der Waals surface area (Å²) in [5.41, 5.74) is 0. The number of rotatable bonds is 7. The summed E-state index contributed by atoms with van der Waals surface area (Å²) in [6.07, 6.45) is -0.0615. The van der Waals surface area contributed by atoms with Gasteiger partial charge in [0.05, 0.1) is 12.7 Å². The van der Waals surface area contributed by atoms with Gasteiger partial charge in [0.1, 0.15) is 7.85 Å². The van der Waals surface area contributed by atoms with E-state index in [2.05, 4.69) is 13.1 Å². The minimum Gasteiger partial charge on any atom is -0.382 e. The lowest BCUT2D eigenvalue weighted by atomic mass is 9.92. The summed E-state index contributed by atoms with van der Waals surface area (Å²) < 4.78 is 51.0. The van der Waals surface area contributed by atoms with E-state index in [0.29, 0.717) is 13.1 Å².